The van der Waals surface area contributed by atoms with Crippen LogP contribution >= 0.6 is 0 Å². The van der Waals surface area contributed by atoms with E-state index in [-0.39, 0.29) is 5.97 Å². The Bertz CT molecular complexity index is 667. The molecule has 1 aliphatic rings. The highest BCUT2D eigenvalue weighted by atomic mass is 16.5. The Hall–Kier alpha value is -2.44. The van der Waals surface area contributed by atoms with Gasteiger partial charge in [0.15, 0.2) is 0 Å². The van der Waals surface area contributed by atoms with Crippen LogP contribution < -0.4 is 4.90 Å². The SMILES string of the molecule is CCOC(=O)c1ccc(N2CCCC(c3nncn3C)C2)nc1. The van der Waals surface area contributed by atoms with Crippen molar-refractivity contribution in [2.24, 2.45) is 7.05 Å². The van der Waals surface area contributed by atoms with Crippen LogP contribution in [0.15, 0.2) is 24.7 Å². The maximum Gasteiger partial charge on any atom is 0.339 e. The van der Waals surface area contributed by atoms with Gasteiger partial charge in [-0.1, -0.05) is 0 Å². The highest BCUT2D eigenvalue weighted by Crippen LogP contribution is 2.27. The summed E-state index contributed by atoms with van der Waals surface area (Å²) in [5.41, 5.74) is 0.484. The monoisotopic (exact) mass is 315 g/mol. The number of rotatable bonds is 4. The van der Waals surface area contributed by atoms with Crippen molar-refractivity contribution in [2.75, 3.05) is 24.6 Å². The molecule has 7 nitrogen and oxygen atoms in total. The van der Waals surface area contributed by atoms with E-state index in [0.29, 0.717) is 18.1 Å². The third-order valence-corrected chi connectivity index (χ3v) is 4.12. The molecule has 0 amide bonds. The van der Waals surface area contributed by atoms with Crippen LogP contribution in [0.3, 0.4) is 0 Å². The zero-order chi connectivity index (χ0) is 16.2. The molecule has 0 spiro atoms. The van der Waals surface area contributed by atoms with Gasteiger partial charge < -0.3 is 14.2 Å². The number of piperidine rings is 1. The molecule has 2 aromatic rings. The van der Waals surface area contributed by atoms with E-state index in [4.69, 9.17) is 4.74 Å². The number of aromatic nitrogens is 4. The number of esters is 1. The summed E-state index contributed by atoms with van der Waals surface area (Å²) in [6, 6.07) is 3.65. The van der Waals surface area contributed by atoms with Crippen LogP contribution in [0, 0.1) is 0 Å². The number of pyridine rings is 1. The van der Waals surface area contributed by atoms with Crippen molar-refractivity contribution in [2.45, 2.75) is 25.7 Å². The van der Waals surface area contributed by atoms with Gasteiger partial charge in [0.05, 0.1) is 12.2 Å². The van der Waals surface area contributed by atoms with Crippen LogP contribution in [-0.4, -0.2) is 45.4 Å². The summed E-state index contributed by atoms with van der Waals surface area (Å²) in [6.45, 7) is 3.98. The Labute approximate surface area is 135 Å². The van der Waals surface area contributed by atoms with E-state index < -0.39 is 0 Å². The summed E-state index contributed by atoms with van der Waals surface area (Å²) < 4.78 is 6.96. The summed E-state index contributed by atoms with van der Waals surface area (Å²) in [6.07, 6.45) is 5.50. The van der Waals surface area contributed by atoms with E-state index in [2.05, 4.69) is 20.1 Å². The number of hydrogen-bond acceptors (Lipinski definition) is 6. The minimum Gasteiger partial charge on any atom is -0.462 e. The number of nitrogens with zero attached hydrogens (tertiary/aromatic N) is 5. The van der Waals surface area contributed by atoms with E-state index in [1.165, 1.54) is 0 Å². The highest BCUT2D eigenvalue weighted by molar-refractivity contribution is 5.89. The smallest absolute Gasteiger partial charge is 0.339 e. The standard InChI is InChI=1S/C16H21N5O2/c1-3-23-16(22)12-6-7-14(17-9-12)21-8-4-5-13(10-21)15-19-18-11-20(15)2/h6-7,9,11,13H,3-5,8,10H2,1-2H3. The fourth-order valence-electron chi connectivity index (χ4n) is 2.97. The third kappa shape index (κ3) is 3.33. The lowest BCUT2D eigenvalue weighted by Gasteiger charge is -2.33. The van der Waals surface area contributed by atoms with Crippen LogP contribution in [0.2, 0.25) is 0 Å². The second-order valence-electron chi connectivity index (χ2n) is 5.71. The minimum atomic E-state index is -0.331. The van der Waals surface area contributed by atoms with E-state index in [0.717, 1.165) is 37.6 Å². The first-order valence-corrected chi connectivity index (χ1v) is 7.91. The molecule has 23 heavy (non-hydrogen) atoms. The number of anilines is 1. The number of carbonyl (C=O) groups is 1. The van der Waals surface area contributed by atoms with Crippen LogP contribution in [0.25, 0.3) is 0 Å². The normalized spacial score (nSPS) is 18.0. The molecule has 0 aromatic carbocycles. The van der Waals surface area contributed by atoms with Crippen molar-refractivity contribution >= 4 is 11.8 Å². The fraction of sp³-hybridized carbons (Fsp3) is 0.500. The largest absolute Gasteiger partial charge is 0.462 e. The molecule has 122 valence electrons. The lowest BCUT2D eigenvalue weighted by molar-refractivity contribution is 0.0526. The van der Waals surface area contributed by atoms with Crippen molar-refractivity contribution in [3.8, 4) is 0 Å². The van der Waals surface area contributed by atoms with Crippen molar-refractivity contribution in [3.63, 3.8) is 0 Å². The van der Waals surface area contributed by atoms with Gasteiger partial charge in [0.1, 0.15) is 18.0 Å². The first kappa shape index (κ1) is 15.5. The summed E-state index contributed by atoms with van der Waals surface area (Å²) in [7, 11) is 1.97. The fourth-order valence-corrected chi connectivity index (χ4v) is 2.97. The summed E-state index contributed by atoms with van der Waals surface area (Å²) >= 11 is 0. The van der Waals surface area contributed by atoms with Crippen molar-refractivity contribution < 1.29 is 9.53 Å². The van der Waals surface area contributed by atoms with E-state index in [9.17, 15) is 4.79 Å². The zero-order valence-electron chi connectivity index (χ0n) is 13.5. The molecule has 1 saturated heterocycles. The van der Waals surface area contributed by atoms with Crippen LogP contribution in [0.4, 0.5) is 5.82 Å². The first-order chi connectivity index (χ1) is 11.2. The topological polar surface area (TPSA) is 73.1 Å². The van der Waals surface area contributed by atoms with Crippen LogP contribution in [-0.2, 0) is 11.8 Å². The average molecular weight is 315 g/mol. The molecule has 1 aliphatic heterocycles. The molecule has 0 aliphatic carbocycles. The summed E-state index contributed by atoms with van der Waals surface area (Å²) in [5, 5.41) is 8.20. The van der Waals surface area contributed by atoms with Gasteiger partial charge in [-0.05, 0) is 31.9 Å². The van der Waals surface area contributed by atoms with Gasteiger partial charge in [-0.25, -0.2) is 9.78 Å². The molecule has 7 heteroatoms. The Kier molecular flexibility index (Phi) is 4.55. The van der Waals surface area contributed by atoms with Gasteiger partial charge in [-0.3, -0.25) is 0 Å². The number of hydrogen-bond donors (Lipinski definition) is 0. The molecule has 0 bridgehead atoms. The van der Waals surface area contributed by atoms with E-state index in [1.54, 1.807) is 25.5 Å². The molecule has 3 rings (SSSR count). The van der Waals surface area contributed by atoms with Gasteiger partial charge in [0.2, 0.25) is 0 Å². The first-order valence-electron chi connectivity index (χ1n) is 7.91. The zero-order valence-corrected chi connectivity index (χ0v) is 13.5. The predicted molar refractivity (Wildman–Crippen MR) is 85.4 cm³/mol. The average Bonchev–Trinajstić information content (AvgIpc) is 3.01. The molecule has 2 aromatic heterocycles. The molecular formula is C16H21N5O2. The Morgan fingerprint density at radius 3 is 2.96 bits per heavy atom. The van der Waals surface area contributed by atoms with Crippen molar-refractivity contribution in [1.29, 1.82) is 0 Å². The maximum atomic E-state index is 11.7. The Morgan fingerprint density at radius 2 is 2.30 bits per heavy atom. The molecule has 1 unspecified atom stereocenters. The molecule has 0 radical (unpaired) electrons. The number of carbonyl (C=O) groups excluding carboxylic acids is 1. The lowest BCUT2D eigenvalue weighted by atomic mass is 9.97. The van der Waals surface area contributed by atoms with Gasteiger partial charge in [0.25, 0.3) is 0 Å². The van der Waals surface area contributed by atoms with Crippen molar-refractivity contribution in [1.82, 2.24) is 19.7 Å². The molecule has 3 heterocycles. The van der Waals surface area contributed by atoms with Gasteiger partial charge in [-0.15, -0.1) is 10.2 Å². The third-order valence-electron chi connectivity index (χ3n) is 4.12. The van der Waals surface area contributed by atoms with E-state index in [1.807, 2.05) is 17.7 Å². The quantitative estimate of drug-likeness (QED) is 0.801. The van der Waals surface area contributed by atoms with Crippen LogP contribution in [0.5, 0.6) is 0 Å². The Balaban J connectivity index is 1.71. The second kappa shape index (κ2) is 6.76. The van der Waals surface area contributed by atoms with Gasteiger partial charge in [-0.2, -0.15) is 0 Å². The van der Waals surface area contributed by atoms with Crippen molar-refractivity contribution in [3.05, 3.63) is 36.0 Å². The number of ether oxygens (including phenoxy) is 1. The highest BCUT2D eigenvalue weighted by Gasteiger charge is 2.25. The van der Waals surface area contributed by atoms with E-state index >= 15 is 0 Å². The summed E-state index contributed by atoms with van der Waals surface area (Å²) in [4.78, 5) is 18.3. The lowest BCUT2D eigenvalue weighted by Crippen LogP contribution is -2.35. The molecule has 0 N–H and O–H groups in total. The van der Waals surface area contributed by atoms with Gasteiger partial charge in [0, 0.05) is 32.3 Å². The van der Waals surface area contributed by atoms with Gasteiger partial charge >= 0.3 is 5.97 Å². The second-order valence-corrected chi connectivity index (χ2v) is 5.71. The summed E-state index contributed by atoms with van der Waals surface area (Å²) in [5.74, 6) is 1.91. The number of aryl methyl sites for hydroxylation is 1. The molecule has 1 atom stereocenters. The van der Waals surface area contributed by atoms with Crippen LogP contribution in [0.1, 0.15) is 41.9 Å². The molecule has 1 fully saturated rings. The molecule has 0 saturated carbocycles. The molecular weight excluding hydrogens is 294 g/mol. The minimum absolute atomic E-state index is 0.331. The predicted octanol–water partition coefficient (Wildman–Crippen LogP) is 1.77. The Morgan fingerprint density at radius 1 is 1.43 bits per heavy atom. The maximum absolute atomic E-state index is 11.7.